The van der Waals surface area contributed by atoms with Gasteiger partial charge in [-0.05, 0) is 37.8 Å². The molecule has 1 aromatic heterocycles. The van der Waals surface area contributed by atoms with E-state index >= 15 is 0 Å². The fraction of sp³-hybridized carbons (Fsp3) is 0.364. The third-order valence-electron chi connectivity index (χ3n) is 1.86. The fourth-order valence-electron chi connectivity index (χ4n) is 0.982. The Kier molecular flexibility index (Phi) is 2.97. The van der Waals surface area contributed by atoms with Crippen LogP contribution in [0.4, 0.5) is 0 Å². The lowest BCUT2D eigenvalue weighted by Crippen LogP contribution is -2.41. The standard InChI is InChI=1S/C11H13NOS/c1-5-11(3,4)12-10(13)9-8(2)6-7-14-9/h1,6-7H,2-4H3,(H,12,13). The highest BCUT2D eigenvalue weighted by Gasteiger charge is 2.19. The van der Waals surface area contributed by atoms with E-state index in [1.807, 2.05) is 18.4 Å². The Morgan fingerprint density at radius 3 is 2.71 bits per heavy atom. The van der Waals surface area contributed by atoms with Crippen molar-refractivity contribution in [1.29, 1.82) is 0 Å². The van der Waals surface area contributed by atoms with Gasteiger partial charge in [0.25, 0.3) is 5.91 Å². The molecule has 0 aliphatic rings. The van der Waals surface area contributed by atoms with E-state index in [0.29, 0.717) is 0 Å². The summed E-state index contributed by atoms with van der Waals surface area (Å²) in [6.07, 6.45) is 5.28. The Labute approximate surface area is 88.3 Å². The van der Waals surface area contributed by atoms with E-state index in [9.17, 15) is 4.79 Å². The zero-order valence-electron chi connectivity index (χ0n) is 8.55. The smallest absolute Gasteiger partial charge is 0.262 e. The average molecular weight is 207 g/mol. The quantitative estimate of drug-likeness (QED) is 0.740. The van der Waals surface area contributed by atoms with Gasteiger partial charge in [-0.25, -0.2) is 0 Å². The van der Waals surface area contributed by atoms with Crippen molar-refractivity contribution in [3.8, 4) is 12.3 Å². The van der Waals surface area contributed by atoms with Crippen molar-refractivity contribution in [1.82, 2.24) is 5.32 Å². The van der Waals surface area contributed by atoms with Gasteiger partial charge in [-0.15, -0.1) is 17.8 Å². The number of nitrogens with one attached hydrogen (secondary N) is 1. The molecule has 0 spiro atoms. The van der Waals surface area contributed by atoms with E-state index in [4.69, 9.17) is 6.42 Å². The van der Waals surface area contributed by atoms with Crippen LogP contribution in [0.1, 0.15) is 29.1 Å². The van der Waals surface area contributed by atoms with Gasteiger partial charge in [-0.3, -0.25) is 4.79 Å². The molecule has 1 rings (SSSR count). The predicted molar refractivity (Wildman–Crippen MR) is 59.4 cm³/mol. The van der Waals surface area contributed by atoms with Crippen molar-refractivity contribution in [2.24, 2.45) is 0 Å². The summed E-state index contributed by atoms with van der Waals surface area (Å²) in [6, 6.07) is 1.92. The number of hydrogen-bond donors (Lipinski definition) is 1. The van der Waals surface area contributed by atoms with Gasteiger partial charge in [-0.2, -0.15) is 0 Å². The van der Waals surface area contributed by atoms with E-state index in [1.54, 1.807) is 13.8 Å². The van der Waals surface area contributed by atoms with Gasteiger partial charge in [0, 0.05) is 0 Å². The molecule has 0 radical (unpaired) electrons. The first-order chi connectivity index (χ1) is 6.46. The molecule has 2 nitrogen and oxygen atoms in total. The third-order valence-corrected chi connectivity index (χ3v) is 2.87. The molecule has 14 heavy (non-hydrogen) atoms. The topological polar surface area (TPSA) is 29.1 Å². The van der Waals surface area contributed by atoms with Gasteiger partial charge in [0.1, 0.15) is 0 Å². The molecule has 0 fully saturated rings. The highest BCUT2D eigenvalue weighted by molar-refractivity contribution is 7.12. The van der Waals surface area contributed by atoms with Crippen LogP contribution in [0.15, 0.2) is 11.4 Å². The lowest BCUT2D eigenvalue weighted by Gasteiger charge is -2.19. The van der Waals surface area contributed by atoms with Crippen LogP contribution < -0.4 is 5.32 Å². The summed E-state index contributed by atoms with van der Waals surface area (Å²) in [6.45, 7) is 5.51. The fourth-order valence-corrected chi connectivity index (χ4v) is 1.80. The number of aryl methyl sites for hydroxylation is 1. The maximum atomic E-state index is 11.7. The van der Waals surface area contributed by atoms with E-state index in [0.717, 1.165) is 10.4 Å². The lowest BCUT2D eigenvalue weighted by molar-refractivity contribution is 0.0933. The Bertz CT molecular complexity index is 384. The second kappa shape index (κ2) is 3.85. The van der Waals surface area contributed by atoms with Crippen LogP contribution in [-0.2, 0) is 0 Å². The first kappa shape index (κ1) is 10.8. The summed E-state index contributed by atoms with van der Waals surface area (Å²) in [4.78, 5) is 12.4. The molecule has 0 aliphatic heterocycles. The Morgan fingerprint density at radius 2 is 2.29 bits per heavy atom. The van der Waals surface area contributed by atoms with E-state index < -0.39 is 5.54 Å². The SMILES string of the molecule is C#CC(C)(C)NC(=O)c1sccc1C. The number of terminal acetylenes is 1. The maximum absolute atomic E-state index is 11.7. The van der Waals surface area contributed by atoms with E-state index in [-0.39, 0.29) is 5.91 Å². The molecular formula is C11H13NOS. The van der Waals surface area contributed by atoms with Gasteiger partial charge in [0.15, 0.2) is 0 Å². The number of rotatable bonds is 2. The summed E-state index contributed by atoms with van der Waals surface area (Å²) in [5.41, 5.74) is 0.397. The molecule has 1 amide bonds. The zero-order valence-corrected chi connectivity index (χ0v) is 9.37. The van der Waals surface area contributed by atoms with Gasteiger partial charge in [0.2, 0.25) is 0 Å². The summed E-state index contributed by atoms with van der Waals surface area (Å²) in [7, 11) is 0. The summed E-state index contributed by atoms with van der Waals surface area (Å²) < 4.78 is 0. The number of hydrogen-bond acceptors (Lipinski definition) is 2. The average Bonchev–Trinajstić information content (AvgIpc) is 2.51. The van der Waals surface area contributed by atoms with Crippen LogP contribution in [0.3, 0.4) is 0 Å². The summed E-state index contributed by atoms with van der Waals surface area (Å²) in [5, 5.41) is 4.68. The number of carbonyl (C=O) groups excluding carboxylic acids is 1. The van der Waals surface area contributed by atoms with Crippen molar-refractivity contribution in [3.05, 3.63) is 21.9 Å². The minimum absolute atomic E-state index is 0.0968. The van der Waals surface area contributed by atoms with Crippen molar-refractivity contribution in [2.45, 2.75) is 26.3 Å². The van der Waals surface area contributed by atoms with Crippen LogP contribution in [0.2, 0.25) is 0 Å². The zero-order chi connectivity index (χ0) is 10.8. The summed E-state index contributed by atoms with van der Waals surface area (Å²) in [5.74, 6) is 2.43. The van der Waals surface area contributed by atoms with Crippen molar-refractivity contribution in [3.63, 3.8) is 0 Å². The minimum atomic E-state index is -0.590. The van der Waals surface area contributed by atoms with Crippen LogP contribution >= 0.6 is 11.3 Å². The first-order valence-corrected chi connectivity index (χ1v) is 5.18. The van der Waals surface area contributed by atoms with Gasteiger partial charge in [0.05, 0.1) is 10.4 Å². The summed E-state index contributed by atoms with van der Waals surface area (Å²) >= 11 is 1.43. The molecule has 1 heterocycles. The third kappa shape index (κ3) is 2.36. The molecule has 0 unspecified atom stereocenters. The monoisotopic (exact) mass is 207 g/mol. The number of carbonyl (C=O) groups is 1. The molecule has 0 saturated heterocycles. The first-order valence-electron chi connectivity index (χ1n) is 4.30. The van der Waals surface area contributed by atoms with Crippen molar-refractivity contribution in [2.75, 3.05) is 0 Å². The molecule has 0 bridgehead atoms. The molecule has 0 aromatic carbocycles. The second-order valence-electron chi connectivity index (χ2n) is 3.66. The lowest BCUT2D eigenvalue weighted by atomic mass is 10.1. The second-order valence-corrected chi connectivity index (χ2v) is 4.57. The molecule has 74 valence electrons. The maximum Gasteiger partial charge on any atom is 0.262 e. The molecule has 0 atom stereocenters. The highest BCUT2D eigenvalue weighted by atomic mass is 32.1. The van der Waals surface area contributed by atoms with E-state index in [2.05, 4.69) is 11.2 Å². The number of thiophene rings is 1. The Hall–Kier alpha value is -1.27. The predicted octanol–water partition coefficient (Wildman–Crippen LogP) is 2.20. The molecule has 1 N–H and O–H groups in total. The molecule has 3 heteroatoms. The van der Waals surface area contributed by atoms with Crippen LogP contribution in [0, 0.1) is 19.3 Å². The Balaban J connectivity index is 2.80. The van der Waals surface area contributed by atoms with Crippen LogP contribution in [0.25, 0.3) is 0 Å². The highest BCUT2D eigenvalue weighted by Crippen LogP contribution is 2.16. The largest absolute Gasteiger partial charge is 0.336 e. The van der Waals surface area contributed by atoms with Crippen molar-refractivity contribution < 1.29 is 4.79 Å². The normalized spacial score (nSPS) is 10.7. The van der Waals surface area contributed by atoms with E-state index in [1.165, 1.54) is 11.3 Å². The molecule has 0 aliphatic carbocycles. The minimum Gasteiger partial charge on any atom is -0.336 e. The Morgan fingerprint density at radius 1 is 1.64 bits per heavy atom. The molecule has 0 saturated carbocycles. The molecular weight excluding hydrogens is 194 g/mol. The van der Waals surface area contributed by atoms with Crippen molar-refractivity contribution >= 4 is 17.2 Å². The van der Waals surface area contributed by atoms with Gasteiger partial charge < -0.3 is 5.32 Å². The van der Waals surface area contributed by atoms with Gasteiger partial charge in [-0.1, -0.05) is 5.92 Å². The molecule has 1 aromatic rings. The van der Waals surface area contributed by atoms with Crippen LogP contribution in [0.5, 0.6) is 0 Å². The number of amides is 1. The van der Waals surface area contributed by atoms with Gasteiger partial charge >= 0.3 is 0 Å². The van der Waals surface area contributed by atoms with Crippen LogP contribution in [-0.4, -0.2) is 11.4 Å².